The fraction of sp³-hybridized carbons (Fsp3) is 0.533. The first kappa shape index (κ1) is 15.3. The average Bonchev–Trinajstić information content (AvgIpc) is 2.88. The number of benzene rings is 1. The molecule has 1 fully saturated rings. The molecule has 1 aliphatic rings. The Morgan fingerprint density at radius 3 is 2.80 bits per heavy atom. The molecule has 0 unspecified atom stereocenters. The highest BCUT2D eigenvalue weighted by Gasteiger charge is 2.31. The highest BCUT2D eigenvalue weighted by atomic mass is 79.9. The van der Waals surface area contributed by atoms with Crippen LogP contribution in [-0.2, 0) is 9.53 Å². The summed E-state index contributed by atoms with van der Waals surface area (Å²) in [6.45, 7) is 4.96. The maximum absolute atomic E-state index is 11.4. The Kier molecular flexibility index (Phi) is 5.05. The second kappa shape index (κ2) is 6.59. The van der Waals surface area contributed by atoms with Gasteiger partial charge in [-0.1, -0.05) is 19.9 Å². The van der Waals surface area contributed by atoms with E-state index in [0.29, 0.717) is 18.9 Å². The van der Waals surface area contributed by atoms with E-state index < -0.39 is 0 Å². The lowest BCUT2D eigenvalue weighted by Crippen LogP contribution is -2.31. The summed E-state index contributed by atoms with van der Waals surface area (Å²) in [5.41, 5.74) is 1.27. The molecule has 0 aromatic heterocycles. The van der Waals surface area contributed by atoms with Crippen molar-refractivity contribution in [2.24, 2.45) is 0 Å². The summed E-state index contributed by atoms with van der Waals surface area (Å²) in [5, 5.41) is 3.11. The number of hydrogen-bond acceptors (Lipinski definition) is 4. The minimum absolute atomic E-state index is 0.0136. The van der Waals surface area contributed by atoms with Crippen molar-refractivity contribution >= 4 is 21.9 Å². The van der Waals surface area contributed by atoms with Crippen molar-refractivity contribution in [1.82, 2.24) is 5.32 Å². The van der Waals surface area contributed by atoms with E-state index in [0.717, 1.165) is 10.2 Å². The topological polar surface area (TPSA) is 47.6 Å². The summed E-state index contributed by atoms with van der Waals surface area (Å²) in [6, 6.07) is 5.87. The van der Waals surface area contributed by atoms with Gasteiger partial charge >= 0.3 is 5.97 Å². The van der Waals surface area contributed by atoms with Crippen molar-refractivity contribution < 1.29 is 14.3 Å². The van der Waals surface area contributed by atoms with Crippen LogP contribution in [0, 0.1) is 0 Å². The number of carbonyl (C=O) groups is 1. The van der Waals surface area contributed by atoms with Crippen molar-refractivity contribution in [2.75, 3.05) is 13.7 Å². The quantitative estimate of drug-likeness (QED) is 0.855. The van der Waals surface area contributed by atoms with Gasteiger partial charge in [-0.15, -0.1) is 0 Å². The van der Waals surface area contributed by atoms with Crippen LogP contribution in [0.2, 0.25) is 0 Å². The molecule has 2 atom stereocenters. The van der Waals surface area contributed by atoms with Crippen LogP contribution in [0.15, 0.2) is 22.7 Å². The van der Waals surface area contributed by atoms with Crippen LogP contribution >= 0.6 is 15.9 Å². The van der Waals surface area contributed by atoms with Gasteiger partial charge in [0.2, 0.25) is 0 Å². The predicted molar refractivity (Wildman–Crippen MR) is 81.1 cm³/mol. The van der Waals surface area contributed by atoms with Gasteiger partial charge in [0.25, 0.3) is 0 Å². The van der Waals surface area contributed by atoms with Crippen LogP contribution in [-0.4, -0.2) is 31.8 Å². The average molecular weight is 342 g/mol. The van der Waals surface area contributed by atoms with E-state index >= 15 is 0 Å². The maximum Gasteiger partial charge on any atom is 0.323 e. The fourth-order valence-electron chi connectivity index (χ4n) is 2.27. The number of halogens is 1. The van der Waals surface area contributed by atoms with Crippen molar-refractivity contribution in [3.8, 4) is 5.75 Å². The smallest absolute Gasteiger partial charge is 0.323 e. The molecule has 0 amide bonds. The van der Waals surface area contributed by atoms with E-state index in [1.807, 2.05) is 6.07 Å². The number of nitrogens with one attached hydrogen (secondary N) is 1. The normalized spacial score (nSPS) is 22.1. The van der Waals surface area contributed by atoms with Crippen LogP contribution in [0.3, 0.4) is 0 Å². The number of ether oxygens (including phenoxy) is 2. The van der Waals surface area contributed by atoms with E-state index in [2.05, 4.69) is 47.2 Å². The minimum atomic E-state index is -0.265. The lowest BCUT2D eigenvalue weighted by Gasteiger charge is -2.15. The molecular weight excluding hydrogens is 322 g/mol. The number of esters is 1. The van der Waals surface area contributed by atoms with Crippen molar-refractivity contribution in [2.45, 2.75) is 38.3 Å². The highest BCUT2D eigenvalue weighted by molar-refractivity contribution is 9.10. The van der Waals surface area contributed by atoms with Crippen molar-refractivity contribution in [3.05, 3.63) is 28.2 Å². The molecule has 0 saturated carbocycles. The third-order valence-corrected chi connectivity index (χ3v) is 4.11. The van der Waals surface area contributed by atoms with Gasteiger partial charge in [0.15, 0.2) is 0 Å². The first-order valence-corrected chi connectivity index (χ1v) is 7.58. The zero-order chi connectivity index (χ0) is 14.7. The Morgan fingerprint density at radius 1 is 1.45 bits per heavy atom. The number of rotatable bonds is 4. The van der Waals surface area contributed by atoms with Crippen molar-refractivity contribution in [1.29, 1.82) is 0 Å². The van der Waals surface area contributed by atoms with Gasteiger partial charge in [0.1, 0.15) is 17.9 Å². The molecule has 5 heteroatoms. The van der Waals surface area contributed by atoms with Gasteiger partial charge in [0.05, 0.1) is 11.6 Å². The Bertz CT molecular complexity index is 490. The van der Waals surface area contributed by atoms with Gasteiger partial charge < -0.3 is 14.8 Å². The van der Waals surface area contributed by atoms with Gasteiger partial charge in [0, 0.05) is 13.0 Å². The van der Waals surface area contributed by atoms with E-state index in [-0.39, 0.29) is 18.1 Å². The molecule has 1 N–H and O–H groups in total. The molecule has 1 heterocycles. The fourth-order valence-corrected chi connectivity index (χ4v) is 2.76. The highest BCUT2D eigenvalue weighted by Crippen LogP contribution is 2.30. The second-order valence-electron chi connectivity index (χ2n) is 5.30. The van der Waals surface area contributed by atoms with Gasteiger partial charge in [-0.3, -0.25) is 4.79 Å². The maximum atomic E-state index is 11.4. The zero-order valence-electron chi connectivity index (χ0n) is 12.0. The molecular formula is C15H20BrNO3. The number of methoxy groups -OCH3 is 1. The number of hydrogen-bond donors (Lipinski definition) is 1. The summed E-state index contributed by atoms with van der Waals surface area (Å²) >= 11 is 3.54. The van der Waals surface area contributed by atoms with E-state index in [4.69, 9.17) is 9.47 Å². The molecule has 2 rings (SSSR count). The lowest BCUT2D eigenvalue weighted by atomic mass is 10.0. The standard InChI is InChI=1S/C15H20BrNO3/c1-9(2)10-4-5-14(12(16)6-10)20-11-7-13(17-8-11)15(18)19-3/h4-6,9,11,13,17H,7-8H2,1-3H3/t11-,13+/m1/s1. The summed E-state index contributed by atoms with van der Waals surface area (Å²) in [7, 11) is 1.40. The summed E-state index contributed by atoms with van der Waals surface area (Å²) in [4.78, 5) is 11.4. The molecule has 0 radical (unpaired) electrons. The van der Waals surface area contributed by atoms with E-state index in [1.165, 1.54) is 12.7 Å². The van der Waals surface area contributed by atoms with Gasteiger partial charge in [-0.25, -0.2) is 0 Å². The molecule has 110 valence electrons. The van der Waals surface area contributed by atoms with E-state index in [9.17, 15) is 4.79 Å². The lowest BCUT2D eigenvalue weighted by molar-refractivity contribution is -0.142. The Hall–Kier alpha value is -1.07. The van der Waals surface area contributed by atoms with Crippen LogP contribution < -0.4 is 10.1 Å². The second-order valence-corrected chi connectivity index (χ2v) is 6.16. The molecule has 1 aromatic carbocycles. The molecule has 0 spiro atoms. The van der Waals surface area contributed by atoms with Crippen LogP contribution in [0.25, 0.3) is 0 Å². The minimum Gasteiger partial charge on any atom is -0.488 e. The molecule has 1 aromatic rings. The molecule has 20 heavy (non-hydrogen) atoms. The molecule has 1 aliphatic heterocycles. The predicted octanol–water partition coefficient (Wildman–Crippen LogP) is 2.85. The molecule has 0 bridgehead atoms. The SMILES string of the molecule is COC(=O)[C@@H]1C[C@@H](Oc2ccc(C(C)C)cc2Br)CN1. The number of carbonyl (C=O) groups excluding carboxylic acids is 1. The zero-order valence-corrected chi connectivity index (χ0v) is 13.6. The Balaban J connectivity index is 1.99. The molecule has 1 saturated heterocycles. The van der Waals surface area contributed by atoms with Crippen LogP contribution in [0.4, 0.5) is 0 Å². The summed E-state index contributed by atoms with van der Waals surface area (Å²) < 4.78 is 11.6. The van der Waals surface area contributed by atoms with Crippen LogP contribution in [0.1, 0.15) is 31.7 Å². The largest absolute Gasteiger partial charge is 0.488 e. The first-order chi connectivity index (χ1) is 9.51. The molecule has 0 aliphatic carbocycles. The third-order valence-electron chi connectivity index (χ3n) is 3.49. The van der Waals surface area contributed by atoms with E-state index in [1.54, 1.807) is 0 Å². The third kappa shape index (κ3) is 3.52. The Labute approximate surface area is 128 Å². The molecule has 4 nitrogen and oxygen atoms in total. The van der Waals surface area contributed by atoms with Crippen molar-refractivity contribution in [3.63, 3.8) is 0 Å². The Morgan fingerprint density at radius 2 is 2.20 bits per heavy atom. The summed E-state index contributed by atoms with van der Waals surface area (Å²) in [5.74, 6) is 1.06. The van der Waals surface area contributed by atoms with Crippen LogP contribution in [0.5, 0.6) is 5.75 Å². The monoisotopic (exact) mass is 341 g/mol. The first-order valence-electron chi connectivity index (χ1n) is 6.78. The summed E-state index contributed by atoms with van der Waals surface area (Å²) in [6.07, 6.45) is 0.616. The van der Waals surface area contributed by atoms with Gasteiger partial charge in [-0.05, 0) is 39.5 Å². The van der Waals surface area contributed by atoms with Gasteiger partial charge in [-0.2, -0.15) is 0 Å².